The molecular formula is C21H22N4O2. The minimum atomic E-state index is -0.260. The minimum Gasteiger partial charge on any atom is -0.391 e. The van der Waals surface area contributed by atoms with Crippen LogP contribution in [0.5, 0.6) is 0 Å². The van der Waals surface area contributed by atoms with Crippen molar-refractivity contribution >= 4 is 5.69 Å². The fraction of sp³-hybridized carbons (Fsp3) is 0.381. The van der Waals surface area contributed by atoms with Gasteiger partial charge in [-0.25, -0.2) is 0 Å². The maximum Gasteiger partial charge on any atom is 0.276 e. The molecule has 3 heterocycles. The zero-order valence-electron chi connectivity index (χ0n) is 15.1. The number of aliphatic hydroxyl groups excluding tert-OH is 1. The van der Waals surface area contributed by atoms with E-state index in [-0.39, 0.29) is 11.5 Å². The van der Waals surface area contributed by atoms with Crippen molar-refractivity contribution in [1.82, 2.24) is 15.1 Å². The van der Waals surface area contributed by atoms with E-state index in [2.05, 4.69) is 44.3 Å². The van der Waals surface area contributed by atoms with Gasteiger partial charge in [0.1, 0.15) is 5.69 Å². The molecule has 0 spiro atoms. The van der Waals surface area contributed by atoms with Gasteiger partial charge in [0.05, 0.1) is 6.10 Å². The van der Waals surface area contributed by atoms with Crippen molar-refractivity contribution in [2.24, 2.45) is 0 Å². The molecule has 27 heavy (non-hydrogen) atoms. The van der Waals surface area contributed by atoms with Gasteiger partial charge in [-0.3, -0.25) is 4.98 Å². The van der Waals surface area contributed by atoms with Crippen LogP contribution >= 0.6 is 0 Å². The zero-order valence-corrected chi connectivity index (χ0v) is 15.1. The van der Waals surface area contributed by atoms with Crippen LogP contribution in [-0.4, -0.2) is 39.4 Å². The van der Waals surface area contributed by atoms with E-state index in [1.54, 1.807) is 6.20 Å². The number of β-amino-alcohol motifs (C(OH)–C–C–N with tert-alkyl or cyclic N) is 1. The van der Waals surface area contributed by atoms with E-state index in [1.807, 2.05) is 18.2 Å². The van der Waals surface area contributed by atoms with Crippen molar-refractivity contribution in [1.29, 1.82) is 0 Å². The lowest BCUT2D eigenvalue weighted by molar-refractivity contribution is 0.198. The summed E-state index contributed by atoms with van der Waals surface area (Å²) in [5.74, 6) is 1.25. The molecule has 5 rings (SSSR count). The van der Waals surface area contributed by atoms with E-state index >= 15 is 0 Å². The van der Waals surface area contributed by atoms with Crippen LogP contribution in [0, 0.1) is 0 Å². The van der Waals surface area contributed by atoms with Crippen molar-refractivity contribution in [3.63, 3.8) is 0 Å². The van der Waals surface area contributed by atoms with Crippen LogP contribution in [0.2, 0.25) is 0 Å². The monoisotopic (exact) mass is 362 g/mol. The number of aliphatic hydroxyl groups is 1. The van der Waals surface area contributed by atoms with Gasteiger partial charge < -0.3 is 14.5 Å². The highest BCUT2D eigenvalue weighted by Gasteiger charge is 2.48. The summed E-state index contributed by atoms with van der Waals surface area (Å²) < 4.78 is 5.56. The molecule has 2 aliphatic rings. The highest BCUT2D eigenvalue weighted by Crippen LogP contribution is 2.49. The van der Waals surface area contributed by atoms with Crippen molar-refractivity contribution in [3.05, 3.63) is 60.0 Å². The number of hydrogen-bond donors (Lipinski definition) is 1. The lowest BCUT2D eigenvalue weighted by atomic mass is 9.96. The first-order valence-corrected chi connectivity index (χ1v) is 9.49. The van der Waals surface area contributed by atoms with Gasteiger partial charge in [0, 0.05) is 30.4 Å². The molecule has 0 unspecified atom stereocenters. The number of benzene rings is 1. The van der Waals surface area contributed by atoms with Crippen LogP contribution in [0.15, 0.2) is 53.2 Å². The number of anilines is 1. The third-order valence-corrected chi connectivity index (χ3v) is 5.63. The highest BCUT2D eigenvalue weighted by molar-refractivity contribution is 5.58. The van der Waals surface area contributed by atoms with E-state index in [0.29, 0.717) is 18.1 Å². The number of hydrogen-bond acceptors (Lipinski definition) is 6. The second-order valence-electron chi connectivity index (χ2n) is 7.65. The Labute approximate surface area is 157 Å². The third-order valence-electron chi connectivity index (χ3n) is 5.63. The quantitative estimate of drug-likeness (QED) is 0.752. The molecule has 6 nitrogen and oxygen atoms in total. The van der Waals surface area contributed by atoms with E-state index in [9.17, 15) is 5.11 Å². The summed E-state index contributed by atoms with van der Waals surface area (Å²) in [4.78, 5) is 11.3. The Morgan fingerprint density at radius 3 is 2.78 bits per heavy atom. The number of pyridine rings is 1. The normalized spacial score (nSPS) is 20.8. The largest absolute Gasteiger partial charge is 0.391 e. The van der Waals surface area contributed by atoms with E-state index < -0.39 is 0 Å². The average Bonchev–Trinajstić information content (AvgIpc) is 3.11. The smallest absolute Gasteiger partial charge is 0.276 e. The average molecular weight is 362 g/mol. The predicted molar refractivity (Wildman–Crippen MR) is 101 cm³/mol. The molecule has 3 aromatic rings. The molecule has 2 fully saturated rings. The van der Waals surface area contributed by atoms with Gasteiger partial charge in [-0.05, 0) is 43.4 Å². The van der Waals surface area contributed by atoms with Crippen LogP contribution in [0.3, 0.4) is 0 Å². The van der Waals surface area contributed by atoms with Crippen molar-refractivity contribution < 1.29 is 9.63 Å². The van der Waals surface area contributed by atoms with Gasteiger partial charge in [0.2, 0.25) is 0 Å². The first kappa shape index (κ1) is 16.4. The molecule has 1 aliphatic carbocycles. The Bertz CT molecular complexity index is 936. The predicted octanol–water partition coefficient (Wildman–Crippen LogP) is 2.98. The van der Waals surface area contributed by atoms with Gasteiger partial charge in [-0.2, -0.15) is 4.98 Å². The summed E-state index contributed by atoms with van der Waals surface area (Å²) in [6.45, 7) is 1.50. The topological polar surface area (TPSA) is 75.3 Å². The fourth-order valence-corrected chi connectivity index (χ4v) is 3.87. The molecule has 1 atom stereocenters. The molecule has 1 saturated heterocycles. The second-order valence-corrected chi connectivity index (χ2v) is 7.65. The van der Waals surface area contributed by atoms with Gasteiger partial charge in [-0.1, -0.05) is 35.5 Å². The summed E-state index contributed by atoms with van der Waals surface area (Å²) in [5, 5.41) is 14.1. The van der Waals surface area contributed by atoms with Gasteiger partial charge in [0.15, 0.2) is 5.82 Å². The van der Waals surface area contributed by atoms with Crippen LogP contribution in [0.4, 0.5) is 5.69 Å². The Morgan fingerprint density at radius 2 is 2.04 bits per heavy atom. The number of rotatable bonds is 5. The number of aromatic nitrogens is 3. The van der Waals surface area contributed by atoms with Crippen LogP contribution < -0.4 is 4.90 Å². The third kappa shape index (κ3) is 3.21. The van der Waals surface area contributed by atoms with Crippen LogP contribution in [-0.2, 0) is 11.8 Å². The van der Waals surface area contributed by atoms with Crippen LogP contribution in [0.25, 0.3) is 11.6 Å². The van der Waals surface area contributed by atoms with Gasteiger partial charge in [-0.15, -0.1) is 0 Å². The van der Waals surface area contributed by atoms with E-state index in [1.165, 1.54) is 5.56 Å². The molecule has 2 aromatic heterocycles. The second kappa shape index (κ2) is 6.46. The Balaban J connectivity index is 1.38. The minimum absolute atomic E-state index is 0.000222. The summed E-state index contributed by atoms with van der Waals surface area (Å²) in [6, 6.07) is 14.4. The molecule has 1 saturated carbocycles. The first-order chi connectivity index (χ1) is 13.2. The first-order valence-electron chi connectivity index (χ1n) is 9.49. The van der Waals surface area contributed by atoms with E-state index in [4.69, 9.17) is 4.52 Å². The molecule has 1 aliphatic heterocycles. The summed E-state index contributed by atoms with van der Waals surface area (Å²) >= 11 is 0. The Morgan fingerprint density at radius 1 is 1.19 bits per heavy atom. The summed E-state index contributed by atoms with van der Waals surface area (Å²) in [5.41, 5.74) is 3.01. The standard InChI is InChI=1S/C21H22N4O2/c26-17-7-11-25(14-17)16-6-10-22-18(12-16)19-23-20(24-27-19)21(8-9-21)13-15-4-2-1-3-5-15/h1-6,10,12,17,26H,7-9,11,13-14H2/t17-/m0/s1. The SMILES string of the molecule is O[C@H]1CCN(c2ccnc(-c3nc(C4(Cc5ccccc5)CC4)no3)c2)C1. The van der Waals surface area contributed by atoms with Gasteiger partial charge >= 0.3 is 0 Å². The van der Waals surface area contributed by atoms with Crippen molar-refractivity contribution in [2.45, 2.75) is 37.2 Å². The molecule has 0 amide bonds. The summed E-state index contributed by atoms with van der Waals surface area (Å²) in [7, 11) is 0. The fourth-order valence-electron chi connectivity index (χ4n) is 3.87. The Hall–Kier alpha value is -2.73. The highest BCUT2D eigenvalue weighted by atomic mass is 16.5. The van der Waals surface area contributed by atoms with Crippen molar-refractivity contribution in [3.8, 4) is 11.6 Å². The lowest BCUT2D eigenvalue weighted by Crippen LogP contribution is -2.21. The lowest BCUT2D eigenvalue weighted by Gasteiger charge is -2.17. The molecule has 0 radical (unpaired) electrons. The summed E-state index contributed by atoms with van der Waals surface area (Å²) in [6.07, 6.45) is 5.40. The molecular weight excluding hydrogens is 340 g/mol. The molecule has 0 bridgehead atoms. The molecule has 6 heteroatoms. The number of nitrogens with zero attached hydrogens (tertiary/aromatic N) is 4. The zero-order chi connectivity index (χ0) is 18.3. The molecule has 138 valence electrons. The maximum atomic E-state index is 9.77. The van der Waals surface area contributed by atoms with Gasteiger partial charge in [0.25, 0.3) is 5.89 Å². The maximum absolute atomic E-state index is 9.77. The van der Waals surface area contributed by atoms with Crippen LogP contribution in [0.1, 0.15) is 30.7 Å². The molecule has 1 N–H and O–H groups in total. The van der Waals surface area contributed by atoms with Crippen molar-refractivity contribution in [2.75, 3.05) is 18.0 Å². The Kier molecular flexibility index (Phi) is 3.93. The van der Waals surface area contributed by atoms with E-state index in [0.717, 1.165) is 43.7 Å². The molecule has 1 aromatic carbocycles.